The van der Waals surface area contributed by atoms with E-state index in [9.17, 15) is 27.6 Å². The maximum atomic E-state index is 14.5. The first-order valence-corrected chi connectivity index (χ1v) is 18.5. The van der Waals surface area contributed by atoms with Crippen molar-refractivity contribution in [2.45, 2.75) is 76.3 Å². The summed E-state index contributed by atoms with van der Waals surface area (Å²) < 4.78 is 38.9. The average molecular weight is 720 g/mol. The van der Waals surface area contributed by atoms with Crippen molar-refractivity contribution in [3.63, 3.8) is 0 Å². The van der Waals surface area contributed by atoms with E-state index in [-0.39, 0.29) is 31.7 Å². The van der Waals surface area contributed by atoms with E-state index in [1.807, 2.05) is 45.0 Å². The van der Waals surface area contributed by atoms with Gasteiger partial charge < -0.3 is 25.0 Å². The van der Waals surface area contributed by atoms with E-state index in [4.69, 9.17) is 9.47 Å². The molecule has 1 saturated carbocycles. The van der Waals surface area contributed by atoms with E-state index >= 15 is 0 Å². The summed E-state index contributed by atoms with van der Waals surface area (Å²) >= 11 is 0. The lowest BCUT2D eigenvalue weighted by atomic mass is 9.77. The van der Waals surface area contributed by atoms with Crippen LogP contribution in [0.25, 0.3) is 10.8 Å². The van der Waals surface area contributed by atoms with Crippen molar-refractivity contribution >= 4 is 50.1 Å². The zero-order chi connectivity index (χ0) is 36.9. The largest absolute Gasteiger partial charge is 0.497 e. The molecule has 14 heteroatoms. The lowest BCUT2D eigenvalue weighted by Gasteiger charge is -2.35. The molecule has 4 atom stereocenters. The number of anilines is 1. The predicted molar refractivity (Wildman–Crippen MR) is 192 cm³/mol. The molecule has 3 N–H and O–H groups in total. The molecule has 2 aromatic carbocycles. The summed E-state index contributed by atoms with van der Waals surface area (Å²) in [6.45, 7) is 9.20. The van der Waals surface area contributed by atoms with Crippen LogP contribution in [0.1, 0.15) is 52.9 Å². The maximum Gasteiger partial charge on any atom is 0.256 e. The van der Waals surface area contributed by atoms with Gasteiger partial charge in [-0.3, -0.25) is 23.9 Å². The molecule has 4 amide bonds. The van der Waals surface area contributed by atoms with Gasteiger partial charge in [0.2, 0.25) is 33.6 Å². The molecule has 272 valence electrons. The molecule has 1 aliphatic carbocycles. The fourth-order valence-electron chi connectivity index (χ4n) is 6.10. The number of benzene rings is 2. The summed E-state index contributed by atoms with van der Waals surface area (Å²) in [5.74, 6) is -2.24. The normalized spacial score (nSPS) is 18.7. The highest BCUT2D eigenvalue weighted by molar-refractivity contribution is 7.90. The third-order valence-electron chi connectivity index (χ3n) is 9.09. The quantitative estimate of drug-likeness (QED) is 0.209. The summed E-state index contributed by atoms with van der Waals surface area (Å²) in [6.07, 6.45) is 3.06. The summed E-state index contributed by atoms with van der Waals surface area (Å²) in [5.41, 5.74) is -0.103. The van der Waals surface area contributed by atoms with E-state index in [1.54, 1.807) is 43.6 Å². The van der Waals surface area contributed by atoms with Crippen molar-refractivity contribution < 1.29 is 37.1 Å². The van der Waals surface area contributed by atoms with Gasteiger partial charge >= 0.3 is 0 Å². The minimum absolute atomic E-state index is 0.00753. The van der Waals surface area contributed by atoms with Gasteiger partial charge in [0.1, 0.15) is 23.9 Å². The van der Waals surface area contributed by atoms with Crippen LogP contribution in [0.4, 0.5) is 5.69 Å². The van der Waals surface area contributed by atoms with Crippen LogP contribution in [0.15, 0.2) is 73.4 Å². The number of amides is 4. The van der Waals surface area contributed by atoms with Gasteiger partial charge in [0.25, 0.3) is 5.91 Å². The van der Waals surface area contributed by atoms with Gasteiger partial charge in [0.15, 0.2) is 0 Å². The Kier molecular flexibility index (Phi) is 11.3. The monoisotopic (exact) mass is 719 g/mol. The number of ether oxygens (including phenoxy) is 2. The number of hydrogen-bond donors (Lipinski definition) is 3. The molecule has 1 aliphatic heterocycles. The number of methoxy groups -OCH3 is 1. The average Bonchev–Trinajstić information content (AvgIpc) is 3.87. The Hall–Kier alpha value is -4.98. The topological polar surface area (TPSA) is 173 Å². The number of carbonyl (C=O) groups excluding carboxylic acids is 4. The van der Waals surface area contributed by atoms with E-state index < -0.39 is 62.5 Å². The molecule has 51 heavy (non-hydrogen) atoms. The number of likely N-dealkylation sites (tertiary alicyclic amines) is 1. The second-order valence-corrected chi connectivity index (χ2v) is 16.0. The number of carbonyl (C=O) groups is 4. The van der Waals surface area contributed by atoms with E-state index in [1.165, 1.54) is 11.0 Å². The standard InChI is InChI=1S/C37H45N5O8S/c1-6-10-30(33(44)41-51(47,48)27-14-15-27)40-34(45)31-20-26(50-35-28-16-13-25(49-5)19-23(28)17-18-38-35)22-42(31)36(46)29(37(2,3)4)21-32(43)39-24-11-8-7-9-12-24/h6-9,11-13,16-19,26-27,29-31H,1,10,14-15,20-22H2,2-5H3,(H,39,43)(H,40,45)(H,41,44)/t26?,29-,30-,31+/m1/s1. The Morgan fingerprint density at radius 3 is 2.45 bits per heavy atom. The van der Waals surface area contributed by atoms with Crippen LogP contribution >= 0.6 is 0 Å². The predicted octanol–water partition coefficient (Wildman–Crippen LogP) is 3.95. The van der Waals surface area contributed by atoms with Gasteiger partial charge in [-0.05, 0) is 66.5 Å². The van der Waals surface area contributed by atoms with Crippen molar-refractivity contribution in [2.75, 3.05) is 19.0 Å². The number of fused-ring (bicyclic) bond motifs is 1. The van der Waals surface area contributed by atoms with Crippen LogP contribution in [0.2, 0.25) is 0 Å². The number of aromatic nitrogens is 1. The first kappa shape index (κ1) is 37.3. The molecule has 0 bridgehead atoms. The van der Waals surface area contributed by atoms with Crippen molar-refractivity contribution in [2.24, 2.45) is 11.3 Å². The number of sulfonamides is 1. The molecular formula is C37H45N5O8S. The first-order valence-electron chi connectivity index (χ1n) is 16.9. The molecule has 13 nitrogen and oxygen atoms in total. The highest BCUT2D eigenvalue weighted by Gasteiger charge is 2.46. The number of nitrogens with zero attached hydrogens (tertiary/aromatic N) is 2. The maximum absolute atomic E-state index is 14.5. The number of pyridine rings is 1. The molecule has 1 aromatic heterocycles. The van der Waals surface area contributed by atoms with Gasteiger partial charge in [-0.1, -0.05) is 45.0 Å². The second kappa shape index (κ2) is 15.5. The number of para-hydroxylation sites is 1. The summed E-state index contributed by atoms with van der Waals surface area (Å²) in [4.78, 5) is 60.7. The Bertz CT molecular complexity index is 1890. The molecule has 1 saturated heterocycles. The highest BCUT2D eigenvalue weighted by atomic mass is 32.2. The van der Waals surface area contributed by atoms with Crippen molar-refractivity contribution in [3.8, 4) is 11.6 Å². The molecule has 2 aliphatic rings. The molecule has 0 spiro atoms. The van der Waals surface area contributed by atoms with Gasteiger partial charge in [0, 0.05) is 30.1 Å². The summed E-state index contributed by atoms with van der Waals surface area (Å²) in [5, 5.41) is 6.38. The number of nitrogens with one attached hydrogen (secondary N) is 3. The molecule has 1 unspecified atom stereocenters. The Balaban J connectivity index is 1.41. The Morgan fingerprint density at radius 2 is 1.80 bits per heavy atom. The minimum Gasteiger partial charge on any atom is -0.497 e. The smallest absolute Gasteiger partial charge is 0.256 e. The Morgan fingerprint density at radius 1 is 1.08 bits per heavy atom. The third kappa shape index (κ3) is 9.23. The zero-order valence-corrected chi connectivity index (χ0v) is 30.1. The first-order chi connectivity index (χ1) is 24.2. The van der Waals surface area contributed by atoms with Gasteiger partial charge in [-0.15, -0.1) is 6.58 Å². The second-order valence-electron chi connectivity index (χ2n) is 14.0. The van der Waals surface area contributed by atoms with Crippen LogP contribution in [0.5, 0.6) is 11.6 Å². The van der Waals surface area contributed by atoms with E-state index in [0.29, 0.717) is 35.5 Å². The third-order valence-corrected chi connectivity index (χ3v) is 10.9. The van der Waals surface area contributed by atoms with Crippen LogP contribution in [0, 0.1) is 11.3 Å². The summed E-state index contributed by atoms with van der Waals surface area (Å²) in [6, 6.07) is 13.8. The fourth-order valence-corrected chi connectivity index (χ4v) is 7.45. The van der Waals surface area contributed by atoms with Gasteiger partial charge in [-0.2, -0.15) is 0 Å². The lowest BCUT2D eigenvalue weighted by Crippen LogP contribution is -2.55. The van der Waals surface area contributed by atoms with Crippen LogP contribution in [-0.4, -0.2) is 79.0 Å². The molecular weight excluding hydrogens is 675 g/mol. The molecule has 2 heterocycles. The fraction of sp³-hybridized carbons (Fsp3) is 0.432. The number of hydrogen-bond acceptors (Lipinski definition) is 9. The van der Waals surface area contributed by atoms with Crippen LogP contribution < -0.4 is 24.8 Å². The van der Waals surface area contributed by atoms with Crippen LogP contribution in [0.3, 0.4) is 0 Å². The zero-order valence-electron chi connectivity index (χ0n) is 29.3. The SMILES string of the molecule is C=CC[C@@H](NC(=O)[C@@H]1CC(Oc2nccc3cc(OC)ccc23)CN1C(=O)[C@@H](CC(=O)Nc1ccccc1)C(C)(C)C)C(=O)NS(=O)(=O)C1CC1. The van der Waals surface area contributed by atoms with E-state index in [2.05, 4.69) is 26.9 Å². The molecule has 5 rings (SSSR count). The molecule has 0 radical (unpaired) electrons. The van der Waals surface area contributed by atoms with Crippen LogP contribution in [-0.2, 0) is 29.2 Å². The minimum atomic E-state index is -3.88. The number of rotatable bonds is 14. The Labute approximate surface area is 298 Å². The molecule has 3 aromatic rings. The van der Waals surface area contributed by atoms with Crippen molar-refractivity contribution in [1.29, 1.82) is 0 Å². The summed E-state index contributed by atoms with van der Waals surface area (Å²) in [7, 11) is -2.31. The molecule has 2 fully saturated rings. The van der Waals surface area contributed by atoms with Crippen molar-refractivity contribution in [1.82, 2.24) is 19.9 Å². The lowest BCUT2D eigenvalue weighted by molar-refractivity contribution is -0.146. The van der Waals surface area contributed by atoms with E-state index in [0.717, 1.165) is 5.39 Å². The highest BCUT2D eigenvalue weighted by Crippen LogP contribution is 2.35. The van der Waals surface area contributed by atoms with Gasteiger partial charge in [-0.25, -0.2) is 13.4 Å². The van der Waals surface area contributed by atoms with Crippen molar-refractivity contribution in [3.05, 3.63) is 73.4 Å². The van der Waals surface area contributed by atoms with Gasteiger partial charge in [0.05, 0.1) is 24.8 Å².